The predicted molar refractivity (Wildman–Crippen MR) is 79.8 cm³/mol. The van der Waals surface area contributed by atoms with Crippen LogP contribution in [-0.4, -0.2) is 20.6 Å². The van der Waals surface area contributed by atoms with Crippen molar-refractivity contribution >= 4 is 27.1 Å². The van der Waals surface area contributed by atoms with Crippen LogP contribution in [0, 0.1) is 6.92 Å². The molecular weight excluding hydrogens is 294 g/mol. The molecule has 0 atom stereocenters. The molecule has 0 saturated carbocycles. The standard InChI is InChI=1S/C14H15NO3S2/c1-10-7-8-19-13(10)14(16)15-9-11-3-5-12(6-4-11)20(2,17)18/h3-8H,9H2,1-2H3,(H,15,16). The van der Waals surface area contributed by atoms with Gasteiger partial charge in [-0.15, -0.1) is 11.3 Å². The molecule has 1 heterocycles. The Labute approximate surface area is 122 Å². The Morgan fingerprint density at radius 3 is 2.35 bits per heavy atom. The molecule has 0 aliphatic heterocycles. The number of rotatable bonds is 4. The largest absolute Gasteiger partial charge is 0.347 e. The molecule has 0 unspecified atom stereocenters. The fourth-order valence-electron chi connectivity index (χ4n) is 1.72. The number of carbonyl (C=O) groups is 1. The number of hydrogen-bond acceptors (Lipinski definition) is 4. The maximum Gasteiger partial charge on any atom is 0.261 e. The van der Waals surface area contributed by atoms with Crippen molar-refractivity contribution in [2.24, 2.45) is 0 Å². The zero-order valence-electron chi connectivity index (χ0n) is 11.2. The van der Waals surface area contributed by atoms with Crippen molar-refractivity contribution in [1.29, 1.82) is 0 Å². The molecule has 1 aromatic carbocycles. The van der Waals surface area contributed by atoms with Gasteiger partial charge in [0.15, 0.2) is 9.84 Å². The molecule has 1 aromatic heterocycles. The van der Waals surface area contributed by atoms with Crippen molar-refractivity contribution in [3.05, 3.63) is 51.7 Å². The number of benzene rings is 1. The van der Waals surface area contributed by atoms with Gasteiger partial charge in [-0.25, -0.2) is 8.42 Å². The van der Waals surface area contributed by atoms with Crippen LogP contribution in [0.4, 0.5) is 0 Å². The second kappa shape index (κ2) is 5.76. The highest BCUT2D eigenvalue weighted by atomic mass is 32.2. The molecule has 0 spiro atoms. The van der Waals surface area contributed by atoms with Gasteiger partial charge in [0.1, 0.15) is 0 Å². The van der Waals surface area contributed by atoms with E-state index in [2.05, 4.69) is 5.32 Å². The van der Waals surface area contributed by atoms with Crippen LogP contribution in [-0.2, 0) is 16.4 Å². The molecule has 0 radical (unpaired) electrons. The Bertz CT molecular complexity index is 715. The summed E-state index contributed by atoms with van der Waals surface area (Å²) in [4.78, 5) is 12.9. The smallest absolute Gasteiger partial charge is 0.261 e. The molecule has 20 heavy (non-hydrogen) atoms. The Hall–Kier alpha value is -1.66. The first-order chi connectivity index (χ1) is 9.38. The van der Waals surface area contributed by atoms with E-state index >= 15 is 0 Å². The predicted octanol–water partition coefficient (Wildman–Crippen LogP) is 2.39. The average molecular weight is 309 g/mol. The quantitative estimate of drug-likeness (QED) is 0.943. The molecule has 4 nitrogen and oxygen atoms in total. The van der Waals surface area contributed by atoms with Gasteiger partial charge in [-0.2, -0.15) is 0 Å². The lowest BCUT2D eigenvalue weighted by Gasteiger charge is -2.05. The zero-order valence-corrected chi connectivity index (χ0v) is 12.8. The summed E-state index contributed by atoms with van der Waals surface area (Å²) in [5.74, 6) is -0.107. The lowest BCUT2D eigenvalue weighted by atomic mass is 10.2. The Morgan fingerprint density at radius 1 is 1.20 bits per heavy atom. The summed E-state index contributed by atoms with van der Waals surface area (Å²) < 4.78 is 22.7. The summed E-state index contributed by atoms with van der Waals surface area (Å²) in [6.07, 6.45) is 1.17. The topological polar surface area (TPSA) is 63.2 Å². The summed E-state index contributed by atoms with van der Waals surface area (Å²) >= 11 is 1.41. The summed E-state index contributed by atoms with van der Waals surface area (Å²) in [6, 6.07) is 8.41. The molecule has 0 aliphatic rings. The number of sulfone groups is 1. The van der Waals surface area contributed by atoms with Crippen LogP contribution in [0.3, 0.4) is 0 Å². The van der Waals surface area contributed by atoms with Gasteiger partial charge >= 0.3 is 0 Å². The first-order valence-corrected chi connectivity index (χ1v) is 8.76. The third-order valence-electron chi connectivity index (χ3n) is 2.87. The van der Waals surface area contributed by atoms with E-state index in [1.54, 1.807) is 24.3 Å². The maximum atomic E-state index is 11.9. The van der Waals surface area contributed by atoms with E-state index in [1.807, 2.05) is 18.4 Å². The second-order valence-electron chi connectivity index (χ2n) is 4.53. The number of carbonyl (C=O) groups excluding carboxylic acids is 1. The summed E-state index contributed by atoms with van der Waals surface area (Å²) in [6.45, 7) is 2.27. The zero-order chi connectivity index (χ0) is 14.8. The minimum absolute atomic E-state index is 0.107. The number of nitrogens with one attached hydrogen (secondary N) is 1. The first kappa shape index (κ1) is 14.7. The Balaban J connectivity index is 2.02. The summed E-state index contributed by atoms with van der Waals surface area (Å²) in [5.41, 5.74) is 1.82. The minimum atomic E-state index is -3.18. The van der Waals surface area contributed by atoms with Gasteiger partial charge in [-0.3, -0.25) is 4.79 Å². The number of thiophene rings is 1. The minimum Gasteiger partial charge on any atom is -0.347 e. The molecule has 0 bridgehead atoms. The highest BCUT2D eigenvalue weighted by molar-refractivity contribution is 7.90. The van der Waals surface area contributed by atoms with Gasteiger partial charge in [0, 0.05) is 12.8 Å². The molecule has 1 N–H and O–H groups in total. The van der Waals surface area contributed by atoms with Crippen LogP contribution in [0.1, 0.15) is 20.8 Å². The van der Waals surface area contributed by atoms with Gasteiger partial charge in [-0.1, -0.05) is 12.1 Å². The average Bonchev–Trinajstić information content (AvgIpc) is 2.82. The van der Waals surface area contributed by atoms with Crippen molar-refractivity contribution in [2.75, 3.05) is 6.26 Å². The molecule has 2 aromatic rings. The Morgan fingerprint density at radius 2 is 1.85 bits per heavy atom. The van der Waals surface area contributed by atoms with E-state index in [0.717, 1.165) is 11.1 Å². The number of amides is 1. The van der Waals surface area contributed by atoms with Crippen LogP contribution in [0.2, 0.25) is 0 Å². The van der Waals surface area contributed by atoms with Crippen LogP contribution in [0.5, 0.6) is 0 Å². The monoisotopic (exact) mass is 309 g/mol. The summed E-state index contributed by atoms with van der Waals surface area (Å²) in [7, 11) is -3.18. The SMILES string of the molecule is Cc1ccsc1C(=O)NCc1ccc(S(C)(=O)=O)cc1. The molecule has 1 amide bonds. The molecular formula is C14H15NO3S2. The molecule has 0 fully saturated rings. The summed E-state index contributed by atoms with van der Waals surface area (Å²) in [5, 5.41) is 4.70. The molecule has 6 heteroatoms. The third-order valence-corrected chi connectivity index (χ3v) is 5.02. The molecule has 2 rings (SSSR count). The molecule has 0 aliphatic carbocycles. The fourth-order valence-corrected chi connectivity index (χ4v) is 3.19. The van der Waals surface area contributed by atoms with Gasteiger partial charge in [0.25, 0.3) is 5.91 Å². The maximum absolute atomic E-state index is 11.9. The van der Waals surface area contributed by atoms with Crippen molar-refractivity contribution in [3.63, 3.8) is 0 Å². The van der Waals surface area contributed by atoms with Crippen molar-refractivity contribution in [2.45, 2.75) is 18.4 Å². The van der Waals surface area contributed by atoms with E-state index < -0.39 is 9.84 Å². The van der Waals surface area contributed by atoms with Gasteiger partial charge < -0.3 is 5.32 Å². The highest BCUT2D eigenvalue weighted by Gasteiger charge is 2.10. The van der Waals surface area contributed by atoms with Crippen LogP contribution in [0.25, 0.3) is 0 Å². The fraction of sp³-hybridized carbons (Fsp3) is 0.214. The van der Waals surface area contributed by atoms with E-state index in [1.165, 1.54) is 17.6 Å². The third kappa shape index (κ3) is 3.46. The second-order valence-corrected chi connectivity index (χ2v) is 7.46. The van der Waals surface area contributed by atoms with E-state index in [0.29, 0.717) is 11.4 Å². The van der Waals surface area contributed by atoms with E-state index in [4.69, 9.17) is 0 Å². The van der Waals surface area contributed by atoms with Crippen molar-refractivity contribution < 1.29 is 13.2 Å². The number of hydrogen-bond donors (Lipinski definition) is 1. The van der Waals surface area contributed by atoms with Gasteiger partial charge in [0.2, 0.25) is 0 Å². The van der Waals surface area contributed by atoms with Crippen LogP contribution >= 0.6 is 11.3 Å². The Kier molecular flexibility index (Phi) is 4.25. The molecule has 106 valence electrons. The van der Waals surface area contributed by atoms with E-state index in [9.17, 15) is 13.2 Å². The number of aryl methyl sites for hydroxylation is 1. The first-order valence-electron chi connectivity index (χ1n) is 5.99. The van der Waals surface area contributed by atoms with Crippen LogP contribution < -0.4 is 5.32 Å². The van der Waals surface area contributed by atoms with Crippen molar-refractivity contribution in [3.8, 4) is 0 Å². The molecule has 0 saturated heterocycles. The lowest BCUT2D eigenvalue weighted by molar-refractivity contribution is 0.0954. The highest BCUT2D eigenvalue weighted by Crippen LogP contribution is 2.15. The van der Waals surface area contributed by atoms with E-state index in [-0.39, 0.29) is 10.8 Å². The van der Waals surface area contributed by atoms with Gasteiger partial charge in [0.05, 0.1) is 9.77 Å². The van der Waals surface area contributed by atoms with Crippen LogP contribution in [0.15, 0.2) is 40.6 Å². The lowest BCUT2D eigenvalue weighted by Crippen LogP contribution is -2.22. The van der Waals surface area contributed by atoms with Gasteiger partial charge in [-0.05, 0) is 41.6 Å². The normalized spacial score (nSPS) is 11.3. The van der Waals surface area contributed by atoms with Crippen molar-refractivity contribution in [1.82, 2.24) is 5.32 Å².